The Hall–Kier alpha value is -3.60. The van der Waals surface area contributed by atoms with Crippen LogP contribution < -0.4 is 5.32 Å². The minimum absolute atomic E-state index is 0.699. The highest BCUT2D eigenvalue weighted by Gasteiger charge is 2.07. The fraction of sp³-hybridized carbons (Fsp3) is 0.0909. The average Bonchev–Trinajstić information content (AvgIpc) is 2.69. The van der Waals surface area contributed by atoms with Gasteiger partial charge in [-0.3, -0.25) is 9.97 Å². The second-order valence-electron chi connectivity index (χ2n) is 6.37. The van der Waals surface area contributed by atoms with Gasteiger partial charge in [-0.1, -0.05) is 29.8 Å². The van der Waals surface area contributed by atoms with Crippen molar-refractivity contribution in [3.8, 4) is 22.4 Å². The normalized spacial score (nSPS) is 10.6. The van der Waals surface area contributed by atoms with Gasteiger partial charge in [-0.2, -0.15) is 0 Å². The third kappa shape index (κ3) is 3.98. The largest absolute Gasteiger partial charge is 0.340 e. The van der Waals surface area contributed by atoms with Gasteiger partial charge in [0.25, 0.3) is 0 Å². The molecular weight excluding hydrogens is 334 g/mol. The summed E-state index contributed by atoms with van der Waals surface area (Å²) in [5, 5.41) is 3.30. The van der Waals surface area contributed by atoms with E-state index in [1.165, 1.54) is 5.56 Å². The highest BCUT2D eigenvalue weighted by Crippen LogP contribution is 2.26. The van der Waals surface area contributed by atoms with Gasteiger partial charge in [0.1, 0.15) is 11.6 Å². The Kier molecular flexibility index (Phi) is 4.58. The number of hydrogen-bond acceptors (Lipinski definition) is 5. The quantitative estimate of drug-likeness (QED) is 0.562. The van der Waals surface area contributed by atoms with Crippen LogP contribution in [0.3, 0.4) is 0 Å². The standard InChI is InChI=1S/C22H19N5/c1-15-3-5-17(6-4-15)18-11-19(14-24-13-18)21-12-22(26-16(2)25-21)27-20-7-9-23-10-8-20/h3-14H,1-2H3,(H,23,25,26,27). The van der Waals surface area contributed by atoms with Crippen molar-refractivity contribution in [2.24, 2.45) is 0 Å². The zero-order valence-corrected chi connectivity index (χ0v) is 15.2. The van der Waals surface area contributed by atoms with E-state index in [9.17, 15) is 0 Å². The van der Waals surface area contributed by atoms with Crippen LogP contribution in [0.15, 0.2) is 73.3 Å². The van der Waals surface area contributed by atoms with Gasteiger partial charge >= 0.3 is 0 Å². The second kappa shape index (κ2) is 7.33. The van der Waals surface area contributed by atoms with Crippen LogP contribution in [0.5, 0.6) is 0 Å². The SMILES string of the molecule is Cc1ccc(-c2cncc(-c3cc(Nc4ccncc4)nc(C)n3)c2)cc1. The number of aryl methyl sites for hydroxylation is 2. The first-order chi connectivity index (χ1) is 13.2. The van der Waals surface area contributed by atoms with Crippen molar-refractivity contribution in [2.45, 2.75) is 13.8 Å². The first-order valence-corrected chi connectivity index (χ1v) is 8.72. The van der Waals surface area contributed by atoms with E-state index < -0.39 is 0 Å². The molecule has 4 rings (SSSR count). The number of aromatic nitrogens is 4. The minimum Gasteiger partial charge on any atom is -0.340 e. The number of benzene rings is 1. The number of nitrogens with one attached hydrogen (secondary N) is 1. The van der Waals surface area contributed by atoms with Crippen LogP contribution in [0.4, 0.5) is 11.5 Å². The summed E-state index contributed by atoms with van der Waals surface area (Å²) in [6.07, 6.45) is 7.19. The maximum atomic E-state index is 4.59. The van der Waals surface area contributed by atoms with Crippen LogP contribution in [0, 0.1) is 13.8 Å². The summed E-state index contributed by atoms with van der Waals surface area (Å²) < 4.78 is 0. The van der Waals surface area contributed by atoms with Gasteiger partial charge in [-0.05, 0) is 37.6 Å². The minimum atomic E-state index is 0.699. The lowest BCUT2D eigenvalue weighted by molar-refractivity contribution is 1.06. The van der Waals surface area contributed by atoms with E-state index in [4.69, 9.17) is 0 Å². The van der Waals surface area contributed by atoms with Gasteiger partial charge in [0, 0.05) is 47.7 Å². The van der Waals surface area contributed by atoms with Crippen molar-refractivity contribution in [3.05, 3.63) is 84.7 Å². The molecule has 0 saturated heterocycles. The molecule has 0 fully saturated rings. The Morgan fingerprint density at radius 3 is 2.22 bits per heavy atom. The summed E-state index contributed by atoms with van der Waals surface area (Å²) >= 11 is 0. The van der Waals surface area contributed by atoms with Crippen molar-refractivity contribution >= 4 is 11.5 Å². The van der Waals surface area contributed by atoms with Crippen molar-refractivity contribution in [3.63, 3.8) is 0 Å². The molecule has 132 valence electrons. The number of nitrogens with zero attached hydrogens (tertiary/aromatic N) is 4. The predicted octanol–water partition coefficient (Wildman–Crippen LogP) is 4.96. The summed E-state index contributed by atoms with van der Waals surface area (Å²) in [5.41, 5.74) is 6.15. The van der Waals surface area contributed by atoms with Crippen LogP contribution in [0.2, 0.25) is 0 Å². The molecule has 0 spiro atoms. The molecule has 0 atom stereocenters. The van der Waals surface area contributed by atoms with Gasteiger partial charge in [-0.25, -0.2) is 9.97 Å². The first kappa shape index (κ1) is 16.8. The van der Waals surface area contributed by atoms with E-state index in [-0.39, 0.29) is 0 Å². The zero-order chi connectivity index (χ0) is 18.6. The van der Waals surface area contributed by atoms with Gasteiger partial charge < -0.3 is 5.32 Å². The first-order valence-electron chi connectivity index (χ1n) is 8.72. The molecule has 5 nitrogen and oxygen atoms in total. The molecule has 0 amide bonds. The summed E-state index contributed by atoms with van der Waals surface area (Å²) in [7, 11) is 0. The van der Waals surface area contributed by atoms with E-state index in [2.05, 4.69) is 62.5 Å². The van der Waals surface area contributed by atoms with Crippen LogP contribution in [0.1, 0.15) is 11.4 Å². The molecule has 4 aromatic rings. The molecule has 1 N–H and O–H groups in total. The second-order valence-corrected chi connectivity index (χ2v) is 6.37. The van der Waals surface area contributed by atoms with Crippen LogP contribution in [-0.4, -0.2) is 19.9 Å². The van der Waals surface area contributed by atoms with Crippen molar-refractivity contribution in [2.75, 3.05) is 5.32 Å². The molecule has 5 heteroatoms. The molecule has 1 aromatic carbocycles. The molecule has 0 unspecified atom stereocenters. The van der Waals surface area contributed by atoms with E-state index in [0.717, 1.165) is 33.9 Å². The molecular formula is C22H19N5. The number of pyridine rings is 2. The van der Waals surface area contributed by atoms with Crippen molar-refractivity contribution < 1.29 is 0 Å². The molecule has 3 heterocycles. The van der Waals surface area contributed by atoms with Gasteiger partial charge in [0.2, 0.25) is 0 Å². The van der Waals surface area contributed by atoms with Crippen LogP contribution in [-0.2, 0) is 0 Å². The molecule has 3 aromatic heterocycles. The van der Waals surface area contributed by atoms with Gasteiger partial charge in [0.15, 0.2) is 0 Å². The maximum absolute atomic E-state index is 4.59. The van der Waals surface area contributed by atoms with Crippen LogP contribution >= 0.6 is 0 Å². The lowest BCUT2D eigenvalue weighted by Gasteiger charge is -2.09. The monoisotopic (exact) mass is 353 g/mol. The zero-order valence-electron chi connectivity index (χ0n) is 15.2. The number of rotatable bonds is 4. The molecule has 27 heavy (non-hydrogen) atoms. The predicted molar refractivity (Wildman–Crippen MR) is 108 cm³/mol. The van der Waals surface area contributed by atoms with Crippen LogP contribution in [0.25, 0.3) is 22.4 Å². The molecule has 0 aliphatic heterocycles. The fourth-order valence-electron chi connectivity index (χ4n) is 2.85. The lowest BCUT2D eigenvalue weighted by Crippen LogP contribution is -1.99. The Morgan fingerprint density at radius 2 is 1.44 bits per heavy atom. The van der Waals surface area contributed by atoms with E-state index >= 15 is 0 Å². The lowest BCUT2D eigenvalue weighted by atomic mass is 10.0. The van der Waals surface area contributed by atoms with E-state index in [1.54, 1.807) is 12.4 Å². The number of hydrogen-bond donors (Lipinski definition) is 1. The topological polar surface area (TPSA) is 63.6 Å². The van der Waals surface area contributed by atoms with Crippen molar-refractivity contribution in [1.29, 1.82) is 0 Å². The maximum Gasteiger partial charge on any atom is 0.134 e. The molecule has 0 aliphatic rings. The Balaban J connectivity index is 1.69. The summed E-state index contributed by atoms with van der Waals surface area (Å²) in [6, 6.07) is 16.3. The smallest absolute Gasteiger partial charge is 0.134 e. The third-order valence-electron chi connectivity index (χ3n) is 4.21. The molecule has 0 aliphatic carbocycles. The number of anilines is 2. The average molecular weight is 353 g/mol. The molecule has 0 saturated carbocycles. The fourth-order valence-corrected chi connectivity index (χ4v) is 2.85. The molecule has 0 bridgehead atoms. The van der Waals surface area contributed by atoms with Crippen molar-refractivity contribution in [1.82, 2.24) is 19.9 Å². The summed E-state index contributed by atoms with van der Waals surface area (Å²) in [4.78, 5) is 17.5. The van der Waals surface area contributed by atoms with E-state index in [0.29, 0.717) is 5.82 Å². The van der Waals surface area contributed by atoms with Gasteiger partial charge in [0.05, 0.1) is 5.69 Å². The van der Waals surface area contributed by atoms with Gasteiger partial charge in [-0.15, -0.1) is 0 Å². The highest BCUT2D eigenvalue weighted by molar-refractivity contribution is 5.72. The van der Waals surface area contributed by atoms with E-state index in [1.807, 2.05) is 37.5 Å². The summed E-state index contributed by atoms with van der Waals surface area (Å²) in [6.45, 7) is 3.97. The Labute approximate surface area is 158 Å². The highest BCUT2D eigenvalue weighted by atomic mass is 15.0. The molecule has 0 radical (unpaired) electrons. The third-order valence-corrected chi connectivity index (χ3v) is 4.21. The Bertz CT molecular complexity index is 1060. The summed E-state index contributed by atoms with van der Waals surface area (Å²) in [5.74, 6) is 1.44. The Morgan fingerprint density at radius 1 is 0.704 bits per heavy atom.